The lowest BCUT2D eigenvalue weighted by Gasteiger charge is -2.20. The molecule has 2 aliphatic rings. The Morgan fingerprint density at radius 2 is 1.03 bits per heavy atom. The second kappa shape index (κ2) is 6.17. The van der Waals surface area contributed by atoms with Crippen LogP contribution in [0.1, 0.15) is 31.9 Å². The number of hydrogen-bond acceptors (Lipinski definition) is 4. The van der Waals surface area contributed by atoms with E-state index in [1.807, 2.05) is 24.3 Å². The second-order valence-corrected chi connectivity index (χ2v) is 9.33. The van der Waals surface area contributed by atoms with Gasteiger partial charge in [-0.15, -0.1) is 0 Å². The van der Waals surface area contributed by atoms with Crippen molar-refractivity contribution in [3.05, 3.63) is 101 Å². The largest absolute Gasteiger partial charge is 0.285 e. The summed E-state index contributed by atoms with van der Waals surface area (Å²) in [4.78, 5) is 51.9. The Labute approximate surface area is 177 Å². The van der Waals surface area contributed by atoms with Gasteiger partial charge in [0.2, 0.25) is 21.7 Å². The van der Waals surface area contributed by atoms with Crippen LogP contribution in [0.5, 0.6) is 0 Å². The highest BCUT2D eigenvalue weighted by Gasteiger charge is 2.26. The zero-order valence-corrected chi connectivity index (χ0v) is 17.8. The molecular weight excluding hydrogens is 388 g/mol. The maximum absolute atomic E-state index is 13.0. The van der Waals surface area contributed by atoms with Crippen molar-refractivity contribution < 1.29 is 0 Å². The van der Waals surface area contributed by atoms with Gasteiger partial charge >= 0.3 is 0 Å². The molecule has 0 aromatic heterocycles. The van der Waals surface area contributed by atoms with Crippen molar-refractivity contribution in [1.29, 1.82) is 0 Å². The predicted molar refractivity (Wildman–Crippen MR) is 126 cm³/mol. The van der Waals surface area contributed by atoms with Crippen LogP contribution in [-0.2, 0) is 5.41 Å². The Bertz CT molecular complexity index is 1600. The van der Waals surface area contributed by atoms with E-state index in [2.05, 4.69) is 20.8 Å². The molecule has 0 bridgehead atoms. The summed E-state index contributed by atoms with van der Waals surface area (Å²) in [5.41, 5.74) is 1.42. The summed E-state index contributed by atoms with van der Waals surface area (Å²) in [6.07, 6.45) is 0. The number of hydrogen-bond donors (Lipinski definition) is 0. The maximum Gasteiger partial charge on any atom is 0.234 e. The van der Waals surface area contributed by atoms with Crippen LogP contribution in [-0.4, -0.2) is 0 Å². The molecule has 2 aliphatic carbocycles. The molecule has 31 heavy (non-hydrogen) atoms. The maximum atomic E-state index is 13.0. The summed E-state index contributed by atoms with van der Waals surface area (Å²) in [6.45, 7) is 8.05. The second-order valence-electron chi connectivity index (χ2n) is 9.33. The van der Waals surface area contributed by atoms with E-state index >= 15 is 0 Å². The van der Waals surface area contributed by atoms with E-state index in [-0.39, 0.29) is 27.0 Å². The molecule has 5 rings (SSSR count). The van der Waals surface area contributed by atoms with Gasteiger partial charge in [0.15, 0.2) is 0 Å². The summed E-state index contributed by atoms with van der Waals surface area (Å²) in [5, 5.41) is 0.795. The molecule has 4 nitrogen and oxygen atoms in total. The molecule has 4 heteroatoms. The standard InChI is InChI=1S/C27H20O4/c1-13-8-17-21-18(9-13)24(29)26(31)20-12-15(11-19(22(20)21)25(30)23(17)28)14-6-5-7-16(10-14)27(2,3)4/h5-12H,1-4H3. The van der Waals surface area contributed by atoms with E-state index in [1.54, 1.807) is 31.2 Å². The minimum absolute atomic E-state index is 0.0816. The van der Waals surface area contributed by atoms with Gasteiger partial charge in [0, 0.05) is 32.7 Å². The van der Waals surface area contributed by atoms with E-state index < -0.39 is 21.7 Å². The Balaban J connectivity index is 1.99. The lowest BCUT2D eigenvalue weighted by Crippen LogP contribution is -2.31. The van der Waals surface area contributed by atoms with Gasteiger partial charge in [-0.05, 0) is 58.9 Å². The quantitative estimate of drug-likeness (QED) is 0.309. The molecule has 0 atom stereocenters. The monoisotopic (exact) mass is 408 g/mol. The van der Waals surface area contributed by atoms with Crippen LogP contribution in [0, 0.1) is 6.92 Å². The zero-order valence-electron chi connectivity index (χ0n) is 17.8. The first-order valence-electron chi connectivity index (χ1n) is 10.2. The molecule has 0 spiro atoms. The van der Waals surface area contributed by atoms with Crippen LogP contribution in [0.2, 0.25) is 0 Å². The van der Waals surface area contributed by atoms with E-state index in [0.29, 0.717) is 22.3 Å². The molecule has 0 saturated heterocycles. The normalized spacial score (nSPS) is 12.4. The van der Waals surface area contributed by atoms with Crippen molar-refractivity contribution in [2.24, 2.45) is 0 Å². The van der Waals surface area contributed by atoms with Gasteiger partial charge in [-0.1, -0.05) is 45.0 Å². The molecule has 0 saturated carbocycles. The first-order chi connectivity index (χ1) is 14.6. The van der Waals surface area contributed by atoms with E-state index in [4.69, 9.17) is 0 Å². The Hall–Kier alpha value is -3.66. The number of benzene rings is 5. The highest BCUT2D eigenvalue weighted by atomic mass is 16.2. The number of aryl methyl sites for hydroxylation is 1. The molecule has 3 aromatic carbocycles. The lowest BCUT2D eigenvalue weighted by molar-refractivity contribution is 0.590. The zero-order chi connectivity index (χ0) is 22.2. The molecule has 0 N–H and O–H groups in total. The van der Waals surface area contributed by atoms with Crippen molar-refractivity contribution >= 4 is 21.5 Å². The van der Waals surface area contributed by atoms with Gasteiger partial charge in [0.25, 0.3) is 0 Å². The fourth-order valence-corrected chi connectivity index (χ4v) is 4.50. The van der Waals surface area contributed by atoms with E-state index in [9.17, 15) is 19.2 Å². The molecular formula is C27H20O4. The molecule has 0 unspecified atom stereocenters. The summed E-state index contributed by atoms with van der Waals surface area (Å²) >= 11 is 0. The lowest BCUT2D eigenvalue weighted by atomic mass is 9.83. The Morgan fingerprint density at radius 1 is 0.581 bits per heavy atom. The third kappa shape index (κ3) is 2.68. The van der Waals surface area contributed by atoms with E-state index in [0.717, 1.165) is 11.1 Å². The van der Waals surface area contributed by atoms with Gasteiger partial charge in [-0.2, -0.15) is 0 Å². The SMILES string of the molecule is Cc1cc2c3c(c1)c(=O)c(=O)c1cc(-c4cccc(C(C)(C)C)c4)cc(c1-3)c(=O)c2=O. The number of rotatable bonds is 1. The van der Waals surface area contributed by atoms with Gasteiger partial charge in [-0.3, -0.25) is 19.2 Å². The third-order valence-corrected chi connectivity index (χ3v) is 6.12. The minimum Gasteiger partial charge on any atom is -0.285 e. The Morgan fingerprint density at radius 3 is 1.48 bits per heavy atom. The van der Waals surface area contributed by atoms with Crippen molar-refractivity contribution in [2.45, 2.75) is 33.1 Å². The first-order valence-corrected chi connectivity index (χ1v) is 10.2. The molecule has 152 valence electrons. The van der Waals surface area contributed by atoms with Crippen LogP contribution >= 0.6 is 0 Å². The third-order valence-electron chi connectivity index (χ3n) is 6.12. The minimum atomic E-state index is -0.642. The molecule has 0 fully saturated rings. The van der Waals surface area contributed by atoms with Crippen LogP contribution < -0.4 is 21.7 Å². The summed E-state index contributed by atoms with van der Waals surface area (Å²) < 4.78 is 0. The van der Waals surface area contributed by atoms with Gasteiger partial charge in [0.05, 0.1) is 0 Å². The van der Waals surface area contributed by atoms with Crippen LogP contribution in [0.25, 0.3) is 43.8 Å². The van der Waals surface area contributed by atoms with Crippen molar-refractivity contribution in [3.63, 3.8) is 0 Å². The highest BCUT2D eigenvalue weighted by molar-refractivity contribution is 6.12. The van der Waals surface area contributed by atoms with Crippen molar-refractivity contribution in [1.82, 2.24) is 0 Å². The first kappa shape index (κ1) is 19.3. The summed E-state index contributed by atoms with van der Waals surface area (Å²) in [7, 11) is 0. The molecule has 0 amide bonds. The van der Waals surface area contributed by atoms with Gasteiger partial charge in [-0.25, -0.2) is 0 Å². The van der Waals surface area contributed by atoms with Gasteiger partial charge < -0.3 is 0 Å². The predicted octanol–water partition coefficient (Wildman–Crippen LogP) is 4.12. The summed E-state index contributed by atoms with van der Waals surface area (Å²) in [6, 6.07) is 14.5. The fraction of sp³-hybridized carbons (Fsp3) is 0.185. The summed E-state index contributed by atoms with van der Waals surface area (Å²) in [5.74, 6) is 0. The molecule has 3 aromatic rings. The topological polar surface area (TPSA) is 68.3 Å². The molecule has 0 radical (unpaired) electrons. The van der Waals surface area contributed by atoms with E-state index in [1.165, 1.54) is 0 Å². The van der Waals surface area contributed by atoms with Crippen molar-refractivity contribution in [2.75, 3.05) is 0 Å². The molecule has 0 aliphatic heterocycles. The molecule has 0 heterocycles. The van der Waals surface area contributed by atoms with Crippen molar-refractivity contribution in [3.8, 4) is 22.3 Å². The smallest absolute Gasteiger partial charge is 0.234 e. The van der Waals surface area contributed by atoms with Crippen LogP contribution in [0.15, 0.2) is 67.7 Å². The van der Waals surface area contributed by atoms with Gasteiger partial charge in [0.1, 0.15) is 0 Å². The van der Waals surface area contributed by atoms with Crippen LogP contribution in [0.3, 0.4) is 0 Å². The van der Waals surface area contributed by atoms with Crippen LogP contribution in [0.4, 0.5) is 0 Å². The highest BCUT2D eigenvalue weighted by Crippen LogP contribution is 2.38. The average Bonchev–Trinajstić information content (AvgIpc) is 2.73. The average molecular weight is 408 g/mol. The fourth-order valence-electron chi connectivity index (χ4n) is 4.50. The Kier molecular flexibility index (Phi) is 3.85.